The van der Waals surface area contributed by atoms with Gasteiger partial charge < -0.3 is 9.84 Å². The highest BCUT2D eigenvalue weighted by Gasteiger charge is 2.38. The summed E-state index contributed by atoms with van der Waals surface area (Å²) in [5.74, 6) is -2.33. The molecule has 7 heteroatoms. The number of rotatable bonds is 7. The zero-order chi connectivity index (χ0) is 19.4. The normalized spacial score (nSPS) is 14.2. The molecule has 0 heterocycles. The summed E-state index contributed by atoms with van der Waals surface area (Å²) in [5.41, 5.74) is -0.706. The number of thioether (sulfide) groups is 1. The molecule has 0 amide bonds. The van der Waals surface area contributed by atoms with E-state index in [0.29, 0.717) is 21.4 Å². The Kier molecular flexibility index (Phi) is 8.10. The van der Waals surface area contributed by atoms with Gasteiger partial charge in [0.05, 0.1) is 5.92 Å². The molecule has 0 saturated heterocycles. The average Bonchev–Trinajstić information content (AvgIpc) is 2.39. The van der Waals surface area contributed by atoms with Gasteiger partial charge in [-0.05, 0) is 51.3 Å². The quantitative estimate of drug-likeness (QED) is 0.475. The van der Waals surface area contributed by atoms with Crippen LogP contribution in [0.1, 0.15) is 41.0 Å². The van der Waals surface area contributed by atoms with Crippen molar-refractivity contribution in [3.63, 3.8) is 0 Å². The molecule has 1 aromatic rings. The van der Waals surface area contributed by atoms with Crippen LogP contribution in [0, 0.1) is 11.8 Å². The molecule has 0 aliphatic heterocycles. The zero-order valence-electron chi connectivity index (χ0n) is 15.0. The molecule has 1 rings (SSSR count). The number of carboxylic acid groups (broad SMARTS) is 1. The number of aliphatic carboxylic acids is 1. The molecule has 0 aromatic heterocycles. The van der Waals surface area contributed by atoms with E-state index < -0.39 is 28.7 Å². The zero-order valence-corrected chi connectivity index (χ0v) is 17.3. The summed E-state index contributed by atoms with van der Waals surface area (Å²) >= 11 is 13.2. The Morgan fingerprint density at radius 2 is 1.68 bits per heavy atom. The molecule has 0 fully saturated rings. The van der Waals surface area contributed by atoms with E-state index in [1.807, 2.05) is 13.8 Å². The number of esters is 1. The van der Waals surface area contributed by atoms with Gasteiger partial charge in [0.25, 0.3) is 0 Å². The molecular formula is C18H24Cl2O4S. The number of carbonyl (C=O) groups excluding carboxylic acids is 1. The molecule has 0 spiro atoms. The van der Waals surface area contributed by atoms with Gasteiger partial charge in [-0.15, -0.1) is 11.8 Å². The SMILES string of the molecule is CC(C)C[C@@H](C(=O)O)[C@@H](Sc1cc(Cl)cc(Cl)c1)C(=O)OC(C)(C)C. The van der Waals surface area contributed by atoms with Gasteiger partial charge >= 0.3 is 11.9 Å². The first-order chi connectivity index (χ1) is 11.4. The first-order valence-corrected chi connectivity index (χ1v) is 9.61. The summed E-state index contributed by atoms with van der Waals surface area (Å²) in [6.07, 6.45) is 0.362. The van der Waals surface area contributed by atoms with E-state index in [4.69, 9.17) is 27.9 Å². The van der Waals surface area contributed by atoms with Crippen LogP contribution in [0.25, 0.3) is 0 Å². The highest BCUT2D eigenvalue weighted by atomic mass is 35.5. The fourth-order valence-corrected chi connectivity index (χ4v) is 4.13. The number of hydrogen-bond donors (Lipinski definition) is 1. The lowest BCUT2D eigenvalue weighted by Crippen LogP contribution is -2.38. The third kappa shape index (κ3) is 7.89. The molecule has 25 heavy (non-hydrogen) atoms. The Hall–Kier alpha value is -0.910. The monoisotopic (exact) mass is 406 g/mol. The second-order valence-electron chi connectivity index (χ2n) is 7.25. The van der Waals surface area contributed by atoms with Gasteiger partial charge in [0.2, 0.25) is 0 Å². The molecule has 1 N–H and O–H groups in total. The summed E-state index contributed by atoms with van der Waals surface area (Å²) in [7, 11) is 0. The van der Waals surface area contributed by atoms with E-state index in [-0.39, 0.29) is 5.92 Å². The van der Waals surface area contributed by atoms with Crippen LogP contribution in [-0.2, 0) is 14.3 Å². The van der Waals surface area contributed by atoms with Gasteiger partial charge in [0.15, 0.2) is 0 Å². The lowest BCUT2D eigenvalue weighted by Gasteiger charge is -2.27. The average molecular weight is 407 g/mol. The van der Waals surface area contributed by atoms with E-state index in [1.54, 1.807) is 39.0 Å². The van der Waals surface area contributed by atoms with E-state index in [9.17, 15) is 14.7 Å². The largest absolute Gasteiger partial charge is 0.481 e. The van der Waals surface area contributed by atoms with Gasteiger partial charge in [-0.2, -0.15) is 0 Å². The fraction of sp³-hybridized carbons (Fsp3) is 0.556. The third-order valence-electron chi connectivity index (χ3n) is 3.15. The molecule has 0 unspecified atom stereocenters. The molecule has 0 aliphatic carbocycles. The maximum atomic E-state index is 12.7. The summed E-state index contributed by atoms with van der Waals surface area (Å²) < 4.78 is 5.46. The number of benzene rings is 1. The number of hydrogen-bond acceptors (Lipinski definition) is 4. The Balaban J connectivity index is 3.20. The second kappa shape index (κ2) is 9.15. The van der Waals surface area contributed by atoms with Crippen molar-refractivity contribution in [1.82, 2.24) is 0 Å². The minimum absolute atomic E-state index is 0.120. The van der Waals surface area contributed by atoms with Crippen LogP contribution in [0.2, 0.25) is 10.0 Å². The molecule has 4 nitrogen and oxygen atoms in total. The molecule has 0 bridgehead atoms. The van der Waals surface area contributed by atoms with Gasteiger partial charge in [-0.1, -0.05) is 37.0 Å². The molecule has 2 atom stereocenters. The van der Waals surface area contributed by atoms with Crippen molar-refractivity contribution in [2.45, 2.75) is 56.8 Å². The lowest BCUT2D eigenvalue weighted by atomic mass is 9.94. The molecule has 0 saturated carbocycles. The van der Waals surface area contributed by atoms with Crippen LogP contribution in [0.4, 0.5) is 0 Å². The van der Waals surface area contributed by atoms with Gasteiger partial charge in [-0.3, -0.25) is 9.59 Å². The van der Waals surface area contributed by atoms with Crippen LogP contribution in [-0.4, -0.2) is 27.9 Å². The van der Waals surface area contributed by atoms with Crippen molar-refractivity contribution >= 4 is 46.9 Å². The molecule has 1 aromatic carbocycles. The Bertz CT molecular complexity index is 606. The van der Waals surface area contributed by atoms with Gasteiger partial charge in [-0.25, -0.2) is 0 Å². The number of halogens is 2. The van der Waals surface area contributed by atoms with E-state index in [1.165, 1.54) is 0 Å². The fourth-order valence-electron chi connectivity index (χ4n) is 2.26. The van der Waals surface area contributed by atoms with E-state index >= 15 is 0 Å². The number of carboxylic acids is 1. The van der Waals surface area contributed by atoms with Crippen molar-refractivity contribution in [2.24, 2.45) is 11.8 Å². The van der Waals surface area contributed by atoms with Crippen LogP contribution >= 0.6 is 35.0 Å². The third-order valence-corrected chi connectivity index (χ3v) is 4.87. The Labute approximate surface area is 163 Å². The molecule has 0 aliphatic rings. The van der Waals surface area contributed by atoms with Crippen molar-refractivity contribution in [3.05, 3.63) is 28.2 Å². The highest BCUT2D eigenvalue weighted by Crippen LogP contribution is 2.36. The maximum Gasteiger partial charge on any atom is 0.320 e. The molecular weight excluding hydrogens is 383 g/mol. The Morgan fingerprint density at radius 1 is 1.16 bits per heavy atom. The smallest absolute Gasteiger partial charge is 0.320 e. The Morgan fingerprint density at radius 3 is 2.08 bits per heavy atom. The topological polar surface area (TPSA) is 63.6 Å². The summed E-state index contributed by atoms with van der Waals surface area (Å²) in [6.45, 7) is 9.09. The second-order valence-corrected chi connectivity index (χ2v) is 9.34. The summed E-state index contributed by atoms with van der Waals surface area (Å²) in [6, 6.07) is 4.89. The maximum absolute atomic E-state index is 12.7. The summed E-state index contributed by atoms with van der Waals surface area (Å²) in [4.78, 5) is 25.1. The minimum atomic E-state index is -1.02. The van der Waals surface area contributed by atoms with Crippen molar-refractivity contribution < 1.29 is 19.4 Å². The van der Waals surface area contributed by atoms with Gasteiger partial charge in [0.1, 0.15) is 10.9 Å². The predicted molar refractivity (Wildman–Crippen MR) is 103 cm³/mol. The van der Waals surface area contributed by atoms with Crippen LogP contribution in [0.15, 0.2) is 23.1 Å². The van der Waals surface area contributed by atoms with Crippen molar-refractivity contribution in [3.8, 4) is 0 Å². The standard InChI is InChI=1S/C18H24Cl2O4S/c1-10(2)6-14(16(21)22)15(17(23)24-18(3,4)5)25-13-8-11(19)7-12(20)9-13/h7-10,14-15H,6H2,1-5H3,(H,21,22)/t14-,15-/m1/s1. The number of ether oxygens (including phenoxy) is 1. The van der Waals surface area contributed by atoms with Crippen molar-refractivity contribution in [1.29, 1.82) is 0 Å². The van der Waals surface area contributed by atoms with Crippen LogP contribution in [0.3, 0.4) is 0 Å². The lowest BCUT2D eigenvalue weighted by molar-refractivity contribution is -0.159. The van der Waals surface area contributed by atoms with Crippen LogP contribution in [0.5, 0.6) is 0 Å². The number of carbonyl (C=O) groups is 2. The summed E-state index contributed by atoms with van der Waals surface area (Å²) in [5, 5.41) is 9.61. The first-order valence-electron chi connectivity index (χ1n) is 7.97. The van der Waals surface area contributed by atoms with Crippen molar-refractivity contribution in [2.75, 3.05) is 0 Å². The van der Waals surface area contributed by atoms with E-state index in [2.05, 4.69) is 0 Å². The first kappa shape index (κ1) is 22.1. The molecule has 140 valence electrons. The minimum Gasteiger partial charge on any atom is -0.481 e. The van der Waals surface area contributed by atoms with Crippen LogP contribution < -0.4 is 0 Å². The molecule has 0 radical (unpaired) electrons. The van der Waals surface area contributed by atoms with E-state index in [0.717, 1.165) is 11.8 Å². The van der Waals surface area contributed by atoms with Gasteiger partial charge in [0, 0.05) is 14.9 Å². The highest BCUT2D eigenvalue weighted by molar-refractivity contribution is 8.00. The predicted octanol–water partition coefficient (Wildman–Crippen LogP) is 5.54.